The van der Waals surface area contributed by atoms with Gasteiger partial charge in [0.25, 0.3) is 0 Å². The molecule has 0 atom stereocenters. The third-order valence-electron chi connectivity index (χ3n) is 3.75. The summed E-state index contributed by atoms with van der Waals surface area (Å²) in [6.07, 6.45) is 7.71. The molecule has 2 N–H and O–H groups in total. The van der Waals surface area contributed by atoms with Crippen LogP contribution in [0.4, 0.5) is 0 Å². The fourth-order valence-electron chi connectivity index (χ4n) is 2.54. The van der Waals surface area contributed by atoms with Gasteiger partial charge in [-0.25, -0.2) is 0 Å². The topological polar surface area (TPSA) is 38.9 Å². The van der Waals surface area contributed by atoms with E-state index in [1.807, 2.05) is 12.4 Å². The van der Waals surface area contributed by atoms with E-state index in [0.717, 1.165) is 6.54 Å². The second-order valence-corrected chi connectivity index (χ2v) is 4.96. The minimum atomic E-state index is 0.266. The molecule has 1 heterocycles. The summed E-state index contributed by atoms with van der Waals surface area (Å²) >= 11 is 0. The zero-order valence-corrected chi connectivity index (χ0v) is 9.66. The van der Waals surface area contributed by atoms with Crippen molar-refractivity contribution in [2.45, 2.75) is 44.4 Å². The first-order chi connectivity index (χ1) is 7.19. The van der Waals surface area contributed by atoms with Gasteiger partial charge >= 0.3 is 0 Å². The zero-order valence-electron chi connectivity index (χ0n) is 9.66. The molecule has 1 aliphatic rings. The summed E-state index contributed by atoms with van der Waals surface area (Å²) in [5, 5.41) is 0. The van der Waals surface area contributed by atoms with Gasteiger partial charge in [-0.1, -0.05) is 20.3 Å². The first-order valence-electron chi connectivity index (χ1n) is 5.84. The van der Waals surface area contributed by atoms with Crippen LogP contribution in [0.15, 0.2) is 18.5 Å². The molecule has 1 aromatic rings. The van der Waals surface area contributed by atoms with Crippen LogP contribution in [0.5, 0.6) is 0 Å². The van der Waals surface area contributed by atoms with E-state index < -0.39 is 0 Å². The number of pyridine rings is 1. The molecule has 1 fully saturated rings. The molecule has 15 heavy (non-hydrogen) atoms. The van der Waals surface area contributed by atoms with Crippen LogP contribution in [0.2, 0.25) is 0 Å². The second-order valence-electron chi connectivity index (χ2n) is 4.96. The molecule has 0 aromatic carbocycles. The highest BCUT2D eigenvalue weighted by Crippen LogP contribution is 2.45. The van der Waals surface area contributed by atoms with Crippen LogP contribution in [-0.4, -0.2) is 11.5 Å². The Morgan fingerprint density at radius 1 is 1.47 bits per heavy atom. The molecular weight excluding hydrogens is 184 g/mol. The first kappa shape index (κ1) is 10.6. The Balaban J connectivity index is 2.42. The lowest BCUT2D eigenvalue weighted by Crippen LogP contribution is -2.42. The van der Waals surface area contributed by atoms with Gasteiger partial charge in [0.15, 0.2) is 0 Å². The largest absolute Gasteiger partial charge is 0.330 e. The lowest BCUT2D eigenvalue weighted by molar-refractivity contribution is 0.250. The Kier molecular flexibility index (Phi) is 2.79. The summed E-state index contributed by atoms with van der Waals surface area (Å²) in [4.78, 5) is 4.23. The molecule has 1 aliphatic carbocycles. The number of nitrogens with zero attached hydrogens (tertiary/aromatic N) is 1. The van der Waals surface area contributed by atoms with Gasteiger partial charge in [-0.2, -0.15) is 0 Å². The highest BCUT2D eigenvalue weighted by atomic mass is 14.7. The highest BCUT2D eigenvalue weighted by molar-refractivity contribution is 5.36. The zero-order chi connectivity index (χ0) is 10.9. The molecule has 0 radical (unpaired) electrons. The summed E-state index contributed by atoms with van der Waals surface area (Å²) < 4.78 is 0. The van der Waals surface area contributed by atoms with E-state index in [4.69, 9.17) is 5.73 Å². The number of rotatable bonds is 3. The van der Waals surface area contributed by atoms with E-state index in [9.17, 15) is 0 Å². The summed E-state index contributed by atoms with van der Waals surface area (Å²) in [5.41, 5.74) is 9.04. The van der Waals surface area contributed by atoms with Gasteiger partial charge in [0.05, 0.1) is 0 Å². The third kappa shape index (κ3) is 1.67. The number of aromatic nitrogens is 1. The molecule has 0 bridgehead atoms. The molecule has 0 aliphatic heterocycles. The van der Waals surface area contributed by atoms with Crippen LogP contribution in [0.3, 0.4) is 0 Å². The van der Waals surface area contributed by atoms with E-state index in [-0.39, 0.29) is 5.41 Å². The SMILES string of the molecule is CC(C)c1cnccc1C1(CN)CCC1. The van der Waals surface area contributed by atoms with Crippen molar-refractivity contribution in [1.29, 1.82) is 0 Å². The standard InChI is InChI=1S/C13H20N2/c1-10(2)11-8-15-7-4-12(11)13(9-14)5-3-6-13/h4,7-8,10H,3,5-6,9,14H2,1-2H3. The minimum Gasteiger partial charge on any atom is -0.330 e. The predicted molar refractivity (Wildman–Crippen MR) is 62.9 cm³/mol. The summed E-state index contributed by atoms with van der Waals surface area (Å²) in [5.74, 6) is 0.540. The van der Waals surface area contributed by atoms with E-state index in [1.54, 1.807) is 0 Å². The van der Waals surface area contributed by atoms with Crippen molar-refractivity contribution < 1.29 is 0 Å². The Bertz CT molecular complexity index is 335. The van der Waals surface area contributed by atoms with E-state index in [1.165, 1.54) is 30.4 Å². The van der Waals surface area contributed by atoms with Crippen LogP contribution < -0.4 is 5.73 Å². The van der Waals surface area contributed by atoms with Crippen LogP contribution >= 0.6 is 0 Å². The van der Waals surface area contributed by atoms with Crippen molar-refractivity contribution in [3.63, 3.8) is 0 Å². The van der Waals surface area contributed by atoms with Gasteiger partial charge in [-0.3, -0.25) is 4.98 Å². The van der Waals surface area contributed by atoms with Crippen molar-refractivity contribution in [1.82, 2.24) is 4.98 Å². The lowest BCUT2D eigenvalue weighted by Gasteiger charge is -2.43. The maximum Gasteiger partial charge on any atom is 0.0305 e. The molecule has 0 amide bonds. The second kappa shape index (κ2) is 3.93. The first-order valence-corrected chi connectivity index (χ1v) is 5.84. The molecule has 2 nitrogen and oxygen atoms in total. The summed E-state index contributed by atoms with van der Waals surface area (Å²) in [6.45, 7) is 5.23. The summed E-state index contributed by atoms with van der Waals surface area (Å²) in [7, 11) is 0. The number of nitrogens with two attached hydrogens (primary N) is 1. The van der Waals surface area contributed by atoms with Crippen LogP contribution in [0.25, 0.3) is 0 Å². The van der Waals surface area contributed by atoms with Gasteiger partial charge in [-0.15, -0.1) is 0 Å². The molecule has 2 heteroatoms. The minimum absolute atomic E-state index is 0.266. The van der Waals surface area contributed by atoms with Crippen molar-refractivity contribution in [3.05, 3.63) is 29.6 Å². The molecule has 0 spiro atoms. The van der Waals surface area contributed by atoms with Crippen molar-refractivity contribution in [3.8, 4) is 0 Å². The van der Waals surface area contributed by atoms with Crippen molar-refractivity contribution in [2.24, 2.45) is 5.73 Å². The van der Waals surface area contributed by atoms with Gasteiger partial charge in [0, 0.05) is 24.4 Å². The van der Waals surface area contributed by atoms with Crippen molar-refractivity contribution >= 4 is 0 Å². The molecule has 1 aromatic heterocycles. The van der Waals surface area contributed by atoms with E-state index >= 15 is 0 Å². The maximum atomic E-state index is 5.95. The Hall–Kier alpha value is -0.890. The van der Waals surface area contributed by atoms with E-state index in [0.29, 0.717) is 5.92 Å². The predicted octanol–water partition coefficient (Wildman–Crippen LogP) is 2.59. The Morgan fingerprint density at radius 3 is 2.67 bits per heavy atom. The molecule has 0 saturated heterocycles. The fourth-order valence-corrected chi connectivity index (χ4v) is 2.54. The molecule has 82 valence electrons. The quantitative estimate of drug-likeness (QED) is 0.822. The number of hydrogen-bond donors (Lipinski definition) is 1. The summed E-state index contributed by atoms with van der Waals surface area (Å²) in [6, 6.07) is 2.17. The monoisotopic (exact) mass is 204 g/mol. The Labute approximate surface area is 91.9 Å². The highest BCUT2D eigenvalue weighted by Gasteiger charge is 2.38. The number of hydrogen-bond acceptors (Lipinski definition) is 2. The van der Waals surface area contributed by atoms with E-state index in [2.05, 4.69) is 24.9 Å². The average Bonchev–Trinajstić information content (AvgIpc) is 2.17. The van der Waals surface area contributed by atoms with Gasteiger partial charge < -0.3 is 5.73 Å². The Morgan fingerprint density at radius 2 is 2.20 bits per heavy atom. The van der Waals surface area contributed by atoms with Gasteiger partial charge in [0.2, 0.25) is 0 Å². The maximum absolute atomic E-state index is 5.95. The van der Waals surface area contributed by atoms with Crippen LogP contribution in [0.1, 0.15) is 50.2 Å². The molecule has 2 rings (SSSR count). The van der Waals surface area contributed by atoms with Crippen LogP contribution in [-0.2, 0) is 5.41 Å². The van der Waals surface area contributed by atoms with Crippen molar-refractivity contribution in [2.75, 3.05) is 6.54 Å². The fraction of sp³-hybridized carbons (Fsp3) is 0.615. The normalized spacial score (nSPS) is 18.9. The van der Waals surface area contributed by atoms with Crippen LogP contribution in [0, 0.1) is 0 Å². The smallest absolute Gasteiger partial charge is 0.0305 e. The van der Waals surface area contributed by atoms with Gasteiger partial charge in [0.1, 0.15) is 0 Å². The third-order valence-corrected chi connectivity index (χ3v) is 3.75. The molecule has 0 unspecified atom stereocenters. The lowest BCUT2D eigenvalue weighted by atomic mass is 9.63. The average molecular weight is 204 g/mol. The van der Waals surface area contributed by atoms with Gasteiger partial charge in [-0.05, 0) is 36.0 Å². The molecular formula is C13H20N2. The molecule has 1 saturated carbocycles.